The van der Waals surface area contributed by atoms with Crippen LogP contribution >= 0.6 is 24.0 Å². The summed E-state index contributed by atoms with van der Waals surface area (Å²) in [6.45, 7) is -0.322. The zero-order chi connectivity index (χ0) is 20.1. The molecule has 0 aliphatic carbocycles. The fraction of sp³-hybridized carbons (Fsp3) is 0.105. The number of para-hydroxylation sites is 1. The van der Waals surface area contributed by atoms with Gasteiger partial charge in [-0.2, -0.15) is 0 Å². The Labute approximate surface area is 170 Å². The number of methoxy groups -OCH3 is 1. The van der Waals surface area contributed by atoms with Crippen molar-refractivity contribution in [3.63, 3.8) is 0 Å². The van der Waals surface area contributed by atoms with Crippen molar-refractivity contribution in [1.29, 1.82) is 0 Å². The smallest absolute Gasteiger partial charge is 0.263 e. The Hall–Kier alpha value is -2.91. The molecule has 1 aliphatic heterocycles. The minimum atomic E-state index is -0.529. The second-order valence-electron chi connectivity index (χ2n) is 5.58. The third-order valence-corrected chi connectivity index (χ3v) is 4.80. The average Bonchev–Trinajstić information content (AvgIpc) is 2.99. The number of benzene rings is 2. The van der Waals surface area contributed by atoms with E-state index < -0.39 is 11.7 Å². The van der Waals surface area contributed by atoms with Crippen molar-refractivity contribution >= 4 is 51.9 Å². The Morgan fingerprint density at radius 3 is 2.75 bits per heavy atom. The van der Waals surface area contributed by atoms with Gasteiger partial charge < -0.3 is 20.1 Å². The normalized spacial score (nSPS) is 14.7. The van der Waals surface area contributed by atoms with E-state index in [9.17, 15) is 14.0 Å². The summed E-state index contributed by atoms with van der Waals surface area (Å²) in [5.41, 5.74) is 0.789. The fourth-order valence-electron chi connectivity index (χ4n) is 2.36. The van der Waals surface area contributed by atoms with Gasteiger partial charge >= 0.3 is 0 Å². The number of anilines is 1. The molecule has 0 saturated carbocycles. The highest BCUT2D eigenvalue weighted by molar-refractivity contribution is 8.26. The number of halogens is 1. The van der Waals surface area contributed by atoms with Crippen LogP contribution in [-0.4, -0.2) is 29.9 Å². The average molecular weight is 418 g/mol. The molecule has 2 aromatic carbocycles. The van der Waals surface area contributed by atoms with Gasteiger partial charge in [0, 0.05) is 0 Å². The first kappa shape index (κ1) is 19.8. The van der Waals surface area contributed by atoms with Gasteiger partial charge in [-0.25, -0.2) is 4.39 Å². The van der Waals surface area contributed by atoms with Crippen LogP contribution in [0.1, 0.15) is 5.56 Å². The van der Waals surface area contributed by atoms with Crippen molar-refractivity contribution in [1.82, 2.24) is 5.32 Å². The number of ether oxygens (including phenoxy) is 2. The molecule has 28 heavy (non-hydrogen) atoms. The van der Waals surface area contributed by atoms with E-state index >= 15 is 0 Å². The SMILES string of the molecule is COc1cc(/C=C2\SC(=S)NC2=O)ccc1OCC(=O)Nc1ccccc1F. The van der Waals surface area contributed by atoms with Crippen molar-refractivity contribution in [3.05, 3.63) is 58.8 Å². The summed E-state index contributed by atoms with van der Waals surface area (Å²) < 4.78 is 24.8. The van der Waals surface area contributed by atoms with Crippen molar-refractivity contribution < 1.29 is 23.5 Å². The molecule has 1 saturated heterocycles. The molecule has 2 aromatic rings. The first-order chi connectivity index (χ1) is 13.5. The van der Waals surface area contributed by atoms with Crippen LogP contribution in [0.25, 0.3) is 6.08 Å². The molecule has 0 spiro atoms. The fourth-order valence-corrected chi connectivity index (χ4v) is 3.40. The van der Waals surface area contributed by atoms with Crippen LogP contribution in [0.2, 0.25) is 0 Å². The summed E-state index contributed by atoms with van der Waals surface area (Å²) in [6, 6.07) is 10.9. The van der Waals surface area contributed by atoms with E-state index in [0.717, 1.165) is 0 Å². The number of carbonyl (C=O) groups is 2. The molecule has 2 N–H and O–H groups in total. The molecule has 1 aliphatic rings. The number of hydrogen-bond acceptors (Lipinski definition) is 6. The van der Waals surface area contributed by atoms with Gasteiger partial charge in [-0.3, -0.25) is 9.59 Å². The van der Waals surface area contributed by atoms with Gasteiger partial charge in [-0.1, -0.05) is 42.2 Å². The van der Waals surface area contributed by atoms with E-state index in [4.69, 9.17) is 21.7 Å². The molecule has 3 rings (SSSR count). The van der Waals surface area contributed by atoms with Crippen molar-refractivity contribution in [2.45, 2.75) is 0 Å². The lowest BCUT2D eigenvalue weighted by atomic mass is 10.2. The van der Waals surface area contributed by atoms with Gasteiger partial charge in [0.15, 0.2) is 18.1 Å². The number of nitrogens with one attached hydrogen (secondary N) is 2. The van der Waals surface area contributed by atoms with E-state index in [2.05, 4.69) is 10.6 Å². The molecular formula is C19H15FN2O4S2. The lowest BCUT2D eigenvalue weighted by Gasteiger charge is -2.12. The van der Waals surface area contributed by atoms with Crippen molar-refractivity contribution in [2.24, 2.45) is 0 Å². The Morgan fingerprint density at radius 1 is 1.29 bits per heavy atom. The standard InChI is InChI=1S/C19H15FN2O4S2/c1-25-15-8-11(9-16-18(24)22-19(27)28-16)6-7-14(15)26-10-17(23)21-13-5-3-2-4-12(13)20/h2-9H,10H2,1H3,(H,21,23)(H,22,24,27)/b16-9-. The second-order valence-corrected chi connectivity index (χ2v) is 7.30. The van der Waals surface area contributed by atoms with Crippen LogP contribution in [0, 0.1) is 5.82 Å². The molecule has 0 bridgehead atoms. The maximum atomic E-state index is 13.6. The highest BCUT2D eigenvalue weighted by atomic mass is 32.2. The molecule has 1 fully saturated rings. The van der Waals surface area contributed by atoms with E-state index in [0.29, 0.717) is 26.3 Å². The molecule has 0 aromatic heterocycles. The van der Waals surface area contributed by atoms with Crippen LogP contribution in [0.15, 0.2) is 47.4 Å². The third kappa shape index (κ3) is 4.87. The molecule has 144 valence electrons. The zero-order valence-electron chi connectivity index (χ0n) is 14.7. The number of thioether (sulfide) groups is 1. The first-order valence-electron chi connectivity index (χ1n) is 8.06. The van der Waals surface area contributed by atoms with Crippen molar-refractivity contribution in [3.8, 4) is 11.5 Å². The largest absolute Gasteiger partial charge is 0.493 e. The summed E-state index contributed by atoms with van der Waals surface area (Å²) in [4.78, 5) is 24.2. The quantitative estimate of drug-likeness (QED) is 0.554. The minimum absolute atomic E-state index is 0.0790. The lowest BCUT2D eigenvalue weighted by molar-refractivity contribution is -0.118. The van der Waals surface area contributed by atoms with E-state index in [1.165, 1.54) is 37.1 Å². The molecule has 1 heterocycles. The van der Waals surface area contributed by atoms with E-state index in [1.807, 2.05) is 0 Å². The summed E-state index contributed by atoms with van der Waals surface area (Å²) in [7, 11) is 1.46. The molecule has 9 heteroatoms. The highest BCUT2D eigenvalue weighted by Crippen LogP contribution is 2.31. The zero-order valence-corrected chi connectivity index (χ0v) is 16.3. The maximum Gasteiger partial charge on any atom is 0.263 e. The second kappa shape index (κ2) is 8.85. The minimum Gasteiger partial charge on any atom is -0.493 e. The summed E-state index contributed by atoms with van der Waals surface area (Å²) in [6.07, 6.45) is 1.68. The van der Waals surface area contributed by atoms with Gasteiger partial charge in [0.1, 0.15) is 10.1 Å². The summed E-state index contributed by atoms with van der Waals surface area (Å²) >= 11 is 6.14. The molecule has 6 nitrogen and oxygen atoms in total. The predicted molar refractivity (Wildman–Crippen MR) is 110 cm³/mol. The predicted octanol–water partition coefficient (Wildman–Crippen LogP) is 3.34. The number of thiocarbonyl (C=S) groups is 1. The highest BCUT2D eigenvalue weighted by Gasteiger charge is 2.22. The number of carbonyl (C=O) groups excluding carboxylic acids is 2. The monoisotopic (exact) mass is 418 g/mol. The van der Waals surface area contributed by atoms with Crippen LogP contribution in [0.4, 0.5) is 10.1 Å². The Morgan fingerprint density at radius 2 is 2.07 bits per heavy atom. The third-order valence-electron chi connectivity index (χ3n) is 3.63. The van der Waals surface area contributed by atoms with Crippen molar-refractivity contribution in [2.75, 3.05) is 19.0 Å². The maximum absolute atomic E-state index is 13.6. The molecule has 2 amide bonds. The van der Waals surface area contributed by atoms with Gasteiger partial charge in [0.2, 0.25) is 0 Å². The molecule has 0 radical (unpaired) electrons. The number of hydrogen-bond donors (Lipinski definition) is 2. The van der Waals surface area contributed by atoms with Gasteiger partial charge in [-0.15, -0.1) is 0 Å². The van der Waals surface area contributed by atoms with Gasteiger partial charge in [0.05, 0.1) is 17.7 Å². The Balaban J connectivity index is 1.67. The summed E-state index contributed by atoms with van der Waals surface area (Å²) in [5, 5.41) is 4.98. The molecule has 0 unspecified atom stereocenters. The number of rotatable bonds is 6. The number of amides is 2. The van der Waals surface area contributed by atoms with Crippen LogP contribution < -0.4 is 20.1 Å². The Bertz CT molecular complexity index is 978. The first-order valence-corrected chi connectivity index (χ1v) is 9.29. The van der Waals surface area contributed by atoms with Crippen LogP contribution in [0.5, 0.6) is 11.5 Å². The molecule has 0 atom stereocenters. The lowest BCUT2D eigenvalue weighted by Crippen LogP contribution is -2.20. The Kier molecular flexibility index (Phi) is 6.27. The van der Waals surface area contributed by atoms with Crippen LogP contribution in [-0.2, 0) is 9.59 Å². The van der Waals surface area contributed by atoms with E-state index in [1.54, 1.807) is 30.3 Å². The van der Waals surface area contributed by atoms with Crippen LogP contribution in [0.3, 0.4) is 0 Å². The molecular weight excluding hydrogens is 403 g/mol. The van der Waals surface area contributed by atoms with Gasteiger partial charge in [-0.05, 0) is 35.9 Å². The van der Waals surface area contributed by atoms with Gasteiger partial charge in [0.25, 0.3) is 11.8 Å². The van der Waals surface area contributed by atoms with E-state index in [-0.39, 0.29) is 18.2 Å². The summed E-state index contributed by atoms with van der Waals surface area (Å²) in [5.74, 6) is -0.560. The topological polar surface area (TPSA) is 76.7 Å².